The second kappa shape index (κ2) is 10.5. The Hall–Kier alpha value is -3.75. The number of fused-ring (bicyclic) bond motifs is 1. The van der Waals surface area contributed by atoms with Crippen LogP contribution in [0.3, 0.4) is 0 Å². The lowest BCUT2D eigenvalue weighted by molar-refractivity contribution is 0.0690. The van der Waals surface area contributed by atoms with E-state index in [2.05, 4.69) is 10.6 Å². The number of alkyl halides is 1. The zero-order valence-electron chi connectivity index (χ0n) is 17.8. The van der Waals surface area contributed by atoms with E-state index in [0.717, 1.165) is 11.0 Å². The largest absolute Gasteiger partial charge is 0.478 e. The van der Waals surface area contributed by atoms with Gasteiger partial charge >= 0.3 is 5.97 Å². The molecule has 1 unspecified atom stereocenters. The van der Waals surface area contributed by atoms with Gasteiger partial charge in [-0.2, -0.15) is 0 Å². The summed E-state index contributed by atoms with van der Waals surface area (Å²) in [5, 5.41) is 22.5. The lowest BCUT2D eigenvalue weighted by Crippen LogP contribution is -2.33. The number of benzene rings is 2. The molecule has 1 atom stereocenters. The Morgan fingerprint density at radius 1 is 1.16 bits per heavy atom. The second-order valence-electron chi connectivity index (χ2n) is 7.26. The van der Waals surface area contributed by atoms with Crippen molar-refractivity contribution in [2.75, 3.05) is 13.2 Å². The Bertz CT molecular complexity index is 1130. The first-order chi connectivity index (χ1) is 15.5. The maximum atomic E-state index is 13.0. The first-order valence-corrected chi connectivity index (χ1v) is 10.4. The highest BCUT2D eigenvalue weighted by Crippen LogP contribution is 2.24. The van der Waals surface area contributed by atoms with Crippen molar-refractivity contribution in [2.24, 2.45) is 0 Å². The van der Waals surface area contributed by atoms with E-state index >= 15 is 0 Å². The van der Waals surface area contributed by atoms with Crippen LogP contribution in [0.4, 0.5) is 4.39 Å². The number of imidazole rings is 1. The topological polar surface area (TPSA) is 120 Å². The Kier molecular flexibility index (Phi) is 7.54. The predicted octanol–water partition coefficient (Wildman–Crippen LogP) is 3.54. The fraction of sp³-hybridized carbons (Fsp3) is 0.304. The van der Waals surface area contributed by atoms with Crippen molar-refractivity contribution in [2.45, 2.75) is 32.4 Å². The molecule has 2 aromatic carbocycles. The van der Waals surface area contributed by atoms with Crippen molar-refractivity contribution in [1.29, 1.82) is 5.41 Å². The van der Waals surface area contributed by atoms with Crippen LogP contribution < -0.4 is 10.6 Å². The molecule has 1 heterocycles. The van der Waals surface area contributed by atoms with Gasteiger partial charge in [0.15, 0.2) is 0 Å². The Morgan fingerprint density at radius 3 is 2.53 bits per heavy atom. The number of nitrogens with zero attached hydrogens (tertiary/aromatic N) is 2. The number of aryl methyl sites for hydroxylation is 1. The highest BCUT2D eigenvalue weighted by atomic mass is 19.1. The van der Waals surface area contributed by atoms with Gasteiger partial charge in [0.1, 0.15) is 18.3 Å². The molecule has 0 saturated carbocycles. The lowest BCUT2D eigenvalue weighted by Gasteiger charge is -2.20. The molecule has 0 aliphatic rings. The fourth-order valence-electron chi connectivity index (χ4n) is 3.65. The number of halogens is 1. The van der Waals surface area contributed by atoms with E-state index in [0.29, 0.717) is 31.8 Å². The van der Waals surface area contributed by atoms with Gasteiger partial charge in [-0.3, -0.25) is 10.2 Å². The van der Waals surface area contributed by atoms with Gasteiger partial charge in [0.05, 0.1) is 28.2 Å². The van der Waals surface area contributed by atoms with E-state index in [1.54, 1.807) is 12.1 Å². The SMILES string of the molecule is CCn1c(C(CCCNC(=N)CF)NC(=O)c2ccccc2C(=O)O)nc2ccccc21. The summed E-state index contributed by atoms with van der Waals surface area (Å²) in [5.41, 5.74) is 1.73. The summed E-state index contributed by atoms with van der Waals surface area (Å²) in [5.74, 6) is -1.22. The van der Waals surface area contributed by atoms with Gasteiger partial charge in [0.2, 0.25) is 0 Å². The summed E-state index contributed by atoms with van der Waals surface area (Å²) in [6.07, 6.45) is 1.01. The molecule has 3 aromatic rings. The van der Waals surface area contributed by atoms with Crippen LogP contribution in [0.25, 0.3) is 11.0 Å². The standard InChI is InChI=1S/C23H26FN5O3/c1-2-29-19-12-6-5-10-17(19)27-21(29)18(11-7-13-26-20(25)14-24)28-22(30)15-8-3-4-9-16(15)23(31)32/h3-6,8-10,12,18H,2,7,11,13-14H2,1H3,(H2,25,26)(H,28,30)(H,31,32). The quantitative estimate of drug-likeness (QED) is 0.219. The summed E-state index contributed by atoms with van der Waals surface area (Å²) < 4.78 is 14.5. The van der Waals surface area contributed by atoms with Crippen LogP contribution in [-0.2, 0) is 6.54 Å². The van der Waals surface area contributed by atoms with Gasteiger partial charge in [-0.05, 0) is 44.0 Å². The third kappa shape index (κ3) is 5.11. The summed E-state index contributed by atoms with van der Waals surface area (Å²) >= 11 is 0. The smallest absolute Gasteiger partial charge is 0.336 e. The minimum absolute atomic E-state index is 0.0708. The van der Waals surface area contributed by atoms with Crippen LogP contribution in [0.2, 0.25) is 0 Å². The average Bonchev–Trinajstić information content (AvgIpc) is 3.19. The third-order valence-corrected chi connectivity index (χ3v) is 5.16. The molecule has 0 spiro atoms. The second-order valence-corrected chi connectivity index (χ2v) is 7.26. The van der Waals surface area contributed by atoms with Crippen LogP contribution in [-0.4, -0.2) is 45.6 Å². The monoisotopic (exact) mass is 439 g/mol. The number of aromatic carboxylic acids is 1. The van der Waals surface area contributed by atoms with Crippen LogP contribution in [0.15, 0.2) is 48.5 Å². The van der Waals surface area contributed by atoms with E-state index in [1.807, 2.05) is 35.8 Å². The molecule has 8 nitrogen and oxygen atoms in total. The summed E-state index contributed by atoms with van der Waals surface area (Å²) in [6.45, 7) is 2.13. The summed E-state index contributed by atoms with van der Waals surface area (Å²) in [7, 11) is 0. The first-order valence-electron chi connectivity index (χ1n) is 10.4. The molecule has 1 amide bonds. The van der Waals surface area contributed by atoms with Gasteiger partial charge in [0, 0.05) is 13.1 Å². The molecule has 0 radical (unpaired) electrons. The van der Waals surface area contributed by atoms with Crippen LogP contribution in [0.5, 0.6) is 0 Å². The predicted molar refractivity (Wildman–Crippen MR) is 120 cm³/mol. The molecule has 0 aliphatic carbocycles. The zero-order chi connectivity index (χ0) is 23.1. The number of amidine groups is 1. The number of nitrogens with one attached hydrogen (secondary N) is 3. The Labute approximate surface area is 185 Å². The number of carbonyl (C=O) groups excluding carboxylic acids is 1. The van der Waals surface area contributed by atoms with Gasteiger partial charge < -0.3 is 20.3 Å². The number of rotatable bonds is 10. The van der Waals surface area contributed by atoms with Crippen molar-refractivity contribution in [3.05, 3.63) is 65.5 Å². The number of hydrogen-bond donors (Lipinski definition) is 4. The maximum Gasteiger partial charge on any atom is 0.336 e. The van der Waals surface area contributed by atoms with E-state index in [4.69, 9.17) is 10.4 Å². The van der Waals surface area contributed by atoms with Crippen LogP contribution in [0.1, 0.15) is 52.3 Å². The van der Waals surface area contributed by atoms with Crippen molar-refractivity contribution in [3.63, 3.8) is 0 Å². The molecule has 0 bridgehead atoms. The van der Waals surface area contributed by atoms with E-state index < -0.39 is 24.6 Å². The molecular formula is C23H26FN5O3. The minimum Gasteiger partial charge on any atom is -0.478 e. The van der Waals surface area contributed by atoms with Crippen LogP contribution >= 0.6 is 0 Å². The van der Waals surface area contributed by atoms with Gasteiger partial charge in [0.25, 0.3) is 5.91 Å². The van der Waals surface area contributed by atoms with Crippen molar-refractivity contribution in [1.82, 2.24) is 20.2 Å². The molecule has 9 heteroatoms. The number of amides is 1. The van der Waals surface area contributed by atoms with Gasteiger partial charge in [-0.25, -0.2) is 14.2 Å². The number of aromatic nitrogens is 2. The number of hydrogen-bond acceptors (Lipinski definition) is 4. The highest BCUT2D eigenvalue weighted by molar-refractivity contribution is 6.04. The Balaban J connectivity index is 1.90. The highest BCUT2D eigenvalue weighted by Gasteiger charge is 2.24. The number of carbonyl (C=O) groups is 2. The zero-order valence-corrected chi connectivity index (χ0v) is 17.8. The summed E-state index contributed by atoms with van der Waals surface area (Å²) in [6, 6.07) is 13.2. The molecule has 3 rings (SSSR count). The first kappa shape index (κ1) is 22.9. The molecule has 1 aromatic heterocycles. The molecule has 0 fully saturated rings. The summed E-state index contributed by atoms with van der Waals surface area (Å²) in [4.78, 5) is 29.3. The molecule has 168 valence electrons. The molecular weight excluding hydrogens is 413 g/mol. The van der Waals surface area contributed by atoms with Crippen molar-refractivity contribution >= 4 is 28.7 Å². The molecule has 0 aliphatic heterocycles. The van der Waals surface area contributed by atoms with Gasteiger partial charge in [-0.1, -0.05) is 24.3 Å². The average molecular weight is 439 g/mol. The third-order valence-electron chi connectivity index (χ3n) is 5.16. The maximum absolute atomic E-state index is 13.0. The minimum atomic E-state index is -1.18. The number of carboxylic acids is 1. The van der Waals surface area contributed by atoms with Crippen LogP contribution in [0, 0.1) is 5.41 Å². The number of para-hydroxylation sites is 2. The van der Waals surface area contributed by atoms with E-state index in [9.17, 15) is 19.1 Å². The van der Waals surface area contributed by atoms with E-state index in [1.165, 1.54) is 12.1 Å². The fourth-order valence-corrected chi connectivity index (χ4v) is 3.65. The van der Waals surface area contributed by atoms with Gasteiger partial charge in [-0.15, -0.1) is 0 Å². The Morgan fingerprint density at radius 2 is 1.84 bits per heavy atom. The normalized spacial score (nSPS) is 11.8. The van der Waals surface area contributed by atoms with Crippen molar-refractivity contribution in [3.8, 4) is 0 Å². The van der Waals surface area contributed by atoms with E-state index in [-0.39, 0.29) is 17.0 Å². The lowest BCUT2D eigenvalue weighted by atomic mass is 10.1. The molecule has 0 saturated heterocycles. The number of carboxylic acid groups (broad SMARTS) is 1. The molecule has 4 N–H and O–H groups in total. The molecule has 32 heavy (non-hydrogen) atoms. The van der Waals surface area contributed by atoms with Crippen molar-refractivity contribution < 1.29 is 19.1 Å².